The third-order valence-corrected chi connectivity index (χ3v) is 4.43. The van der Waals surface area contributed by atoms with Gasteiger partial charge in [0.1, 0.15) is 6.54 Å². The number of esters is 1. The lowest BCUT2D eigenvalue weighted by Gasteiger charge is -2.19. The van der Waals surface area contributed by atoms with Crippen LogP contribution >= 0.6 is 15.9 Å². The van der Waals surface area contributed by atoms with E-state index in [2.05, 4.69) is 15.9 Å². The summed E-state index contributed by atoms with van der Waals surface area (Å²) in [5.41, 5.74) is 0.758. The van der Waals surface area contributed by atoms with E-state index in [0.29, 0.717) is 28.3 Å². The predicted molar refractivity (Wildman–Crippen MR) is 111 cm³/mol. The number of nitrogens with zero attached hydrogens (tertiary/aromatic N) is 2. The molecule has 1 amide bonds. The minimum atomic E-state index is -0.690. The fourth-order valence-corrected chi connectivity index (χ4v) is 3.03. The predicted octanol–water partition coefficient (Wildman–Crippen LogP) is 3.96. The number of para-hydroxylation sites is 1. The largest absolute Gasteiger partial charge is 0.493 e. The molecule has 0 radical (unpaired) electrons. The molecule has 29 heavy (non-hydrogen) atoms. The van der Waals surface area contributed by atoms with Gasteiger partial charge in [0, 0.05) is 5.69 Å². The molecule has 2 aromatic rings. The van der Waals surface area contributed by atoms with Crippen molar-refractivity contribution in [2.75, 3.05) is 31.8 Å². The quantitative estimate of drug-likeness (QED) is 0.415. The van der Waals surface area contributed by atoms with Crippen LogP contribution in [0.15, 0.2) is 46.9 Å². The SMILES string of the molecule is CCCOc1c(Br)cc(C(=O)OCC(=O)N(CC#N)c2ccccc2)cc1OC. The highest BCUT2D eigenvalue weighted by molar-refractivity contribution is 9.10. The summed E-state index contributed by atoms with van der Waals surface area (Å²) in [5, 5.41) is 9.00. The Hall–Kier alpha value is -3.05. The number of nitriles is 1. The molecule has 0 aliphatic rings. The van der Waals surface area contributed by atoms with E-state index in [4.69, 9.17) is 19.5 Å². The third kappa shape index (κ3) is 5.96. The summed E-state index contributed by atoms with van der Waals surface area (Å²) in [5.74, 6) is -0.322. The van der Waals surface area contributed by atoms with Crippen LogP contribution in [0, 0.1) is 11.3 Å². The number of halogens is 1. The molecule has 0 bridgehead atoms. The summed E-state index contributed by atoms with van der Waals surface area (Å²) >= 11 is 3.37. The molecule has 0 fully saturated rings. The van der Waals surface area contributed by atoms with Gasteiger partial charge in [0.05, 0.1) is 29.8 Å². The smallest absolute Gasteiger partial charge is 0.338 e. The Bertz CT molecular complexity index is 896. The van der Waals surface area contributed by atoms with E-state index in [0.717, 1.165) is 6.42 Å². The van der Waals surface area contributed by atoms with Gasteiger partial charge in [-0.3, -0.25) is 9.69 Å². The molecule has 152 valence electrons. The first-order chi connectivity index (χ1) is 14.0. The number of methoxy groups -OCH3 is 1. The van der Waals surface area contributed by atoms with Gasteiger partial charge in [0.15, 0.2) is 18.1 Å². The summed E-state index contributed by atoms with van der Waals surface area (Å²) in [7, 11) is 1.47. The Morgan fingerprint density at radius 2 is 1.93 bits per heavy atom. The van der Waals surface area contributed by atoms with Gasteiger partial charge in [-0.2, -0.15) is 5.26 Å². The van der Waals surface area contributed by atoms with Crippen molar-refractivity contribution in [2.45, 2.75) is 13.3 Å². The van der Waals surface area contributed by atoms with Gasteiger partial charge >= 0.3 is 5.97 Å². The average molecular weight is 461 g/mol. The van der Waals surface area contributed by atoms with Crippen molar-refractivity contribution in [2.24, 2.45) is 0 Å². The van der Waals surface area contributed by atoms with Crippen LogP contribution in [0.1, 0.15) is 23.7 Å². The molecule has 0 heterocycles. The maximum absolute atomic E-state index is 12.5. The number of hydrogen-bond acceptors (Lipinski definition) is 6. The highest BCUT2D eigenvalue weighted by atomic mass is 79.9. The minimum absolute atomic E-state index is 0.150. The summed E-state index contributed by atoms with van der Waals surface area (Å²) in [6.07, 6.45) is 0.822. The Balaban J connectivity index is 2.10. The molecule has 0 aliphatic carbocycles. The molecule has 8 heteroatoms. The van der Waals surface area contributed by atoms with Crippen LogP contribution in [0.5, 0.6) is 11.5 Å². The Labute approximate surface area is 177 Å². The first-order valence-electron chi connectivity index (χ1n) is 8.91. The van der Waals surface area contributed by atoms with Crippen LogP contribution in [-0.4, -0.2) is 38.7 Å². The number of hydrogen-bond donors (Lipinski definition) is 0. The van der Waals surface area contributed by atoms with Crippen molar-refractivity contribution in [3.8, 4) is 17.6 Å². The van der Waals surface area contributed by atoms with Crippen LogP contribution in [0.3, 0.4) is 0 Å². The number of benzene rings is 2. The molecule has 0 N–H and O–H groups in total. The van der Waals surface area contributed by atoms with Crippen LogP contribution in [0.2, 0.25) is 0 Å². The van der Waals surface area contributed by atoms with Crippen molar-refractivity contribution < 1.29 is 23.8 Å². The van der Waals surface area contributed by atoms with Crippen molar-refractivity contribution in [3.63, 3.8) is 0 Å². The average Bonchev–Trinajstić information content (AvgIpc) is 2.74. The Morgan fingerprint density at radius 3 is 2.55 bits per heavy atom. The zero-order valence-corrected chi connectivity index (χ0v) is 17.8. The van der Waals surface area contributed by atoms with Crippen molar-refractivity contribution in [3.05, 3.63) is 52.5 Å². The number of carbonyl (C=O) groups is 2. The number of carbonyl (C=O) groups excluding carboxylic acids is 2. The minimum Gasteiger partial charge on any atom is -0.493 e. The van der Waals surface area contributed by atoms with Crippen LogP contribution < -0.4 is 14.4 Å². The summed E-state index contributed by atoms with van der Waals surface area (Å²) in [4.78, 5) is 26.2. The molecule has 7 nitrogen and oxygen atoms in total. The van der Waals surface area contributed by atoms with Crippen molar-refractivity contribution >= 4 is 33.5 Å². The van der Waals surface area contributed by atoms with Gasteiger partial charge in [0.2, 0.25) is 0 Å². The fourth-order valence-electron chi connectivity index (χ4n) is 2.47. The summed E-state index contributed by atoms with van der Waals surface area (Å²) in [6.45, 7) is 1.84. The maximum Gasteiger partial charge on any atom is 0.338 e. The highest BCUT2D eigenvalue weighted by Gasteiger charge is 2.20. The molecule has 2 aromatic carbocycles. The van der Waals surface area contributed by atoms with Crippen LogP contribution in [-0.2, 0) is 9.53 Å². The second kappa shape index (κ2) is 11.1. The standard InChI is InChI=1S/C21H21BrN2O5/c1-3-11-28-20-17(22)12-15(13-18(20)27-2)21(26)29-14-19(25)24(10-9-23)16-7-5-4-6-8-16/h4-8,12-13H,3,10-11,14H2,1-2H3. The number of ether oxygens (including phenoxy) is 3. The van der Waals surface area contributed by atoms with Crippen LogP contribution in [0.4, 0.5) is 5.69 Å². The van der Waals surface area contributed by atoms with Gasteiger partial charge in [-0.25, -0.2) is 4.79 Å². The molecule has 0 saturated carbocycles. The number of amides is 1. The zero-order valence-electron chi connectivity index (χ0n) is 16.2. The van der Waals surface area contributed by atoms with Crippen molar-refractivity contribution in [1.29, 1.82) is 5.26 Å². The second-order valence-electron chi connectivity index (χ2n) is 5.89. The summed E-state index contributed by atoms with van der Waals surface area (Å²) < 4.78 is 16.6. The molecule has 0 saturated heterocycles. The monoisotopic (exact) mass is 460 g/mol. The van der Waals surface area contributed by atoms with Gasteiger partial charge in [-0.1, -0.05) is 25.1 Å². The van der Waals surface area contributed by atoms with Gasteiger partial charge in [0.25, 0.3) is 5.91 Å². The van der Waals surface area contributed by atoms with E-state index in [-0.39, 0.29) is 12.1 Å². The van der Waals surface area contributed by atoms with Gasteiger partial charge < -0.3 is 14.2 Å². The van der Waals surface area contributed by atoms with Crippen LogP contribution in [0.25, 0.3) is 0 Å². The molecule has 0 atom stereocenters. The molecule has 0 aliphatic heterocycles. The van der Waals surface area contributed by atoms with Gasteiger partial charge in [-0.15, -0.1) is 0 Å². The molecule has 2 rings (SSSR count). The van der Waals surface area contributed by atoms with Crippen molar-refractivity contribution in [1.82, 2.24) is 0 Å². The van der Waals surface area contributed by atoms with E-state index in [1.54, 1.807) is 36.4 Å². The lowest BCUT2D eigenvalue weighted by atomic mass is 10.2. The Kier molecular flexibility index (Phi) is 8.49. The summed E-state index contributed by atoms with van der Waals surface area (Å²) in [6, 6.07) is 13.7. The maximum atomic E-state index is 12.5. The third-order valence-electron chi connectivity index (χ3n) is 3.84. The fraction of sp³-hybridized carbons (Fsp3) is 0.286. The molecule has 0 unspecified atom stereocenters. The first kappa shape index (κ1) is 22.2. The number of rotatable bonds is 9. The van der Waals surface area contributed by atoms with E-state index < -0.39 is 18.5 Å². The van der Waals surface area contributed by atoms with Gasteiger partial charge in [-0.05, 0) is 46.6 Å². The second-order valence-corrected chi connectivity index (χ2v) is 6.74. The molecular weight excluding hydrogens is 440 g/mol. The highest BCUT2D eigenvalue weighted by Crippen LogP contribution is 2.37. The topological polar surface area (TPSA) is 88.9 Å². The Morgan fingerprint density at radius 1 is 1.21 bits per heavy atom. The van der Waals surface area contributed by atoms with E-state index in [1.165, 1.54) is 18.1 Å². The lowest BCUT2D eigenvalue weighted by Crippen LogP contribution is -2.35. The molecule has 0 aromatic heterocycles. The van der Waals surface area contributed by atoms with E-state index >= 15 is 0 Å². The molecule has 0 spiro atoms. The van der Waals surface area contributed by atoms with E-state index in [9.17, 15) is 9.59 Å². The lowest BCUT2D eigenvalue weighted by molar-refractivity contribution is -0.121. The molecular formula is C21H21BrN2O5. The zero-order chi connectivity index (χ0) is 21.2. The van der Waals surface area contributed by atoms with E-state index in [1.807, 2.05) is 13.0 Å². The first-order valence-corrected chi connectivity index (χ1v) is 9.70. The normalized spacial score (nSPS) is 10.0. The number of anilines is 1.